The highest BCUT2D eigenvalue weighted by Crippen LogP contribution is 2.36. The van der Waals surface area contributed by atoms with E-state index >= 15 is 0 Å². The molecule has 1 fully saturated rings. The first-order valence-electron chi connectivity index (χ1n) is 11.4. The molecule has 5 nitrogen and oxygen atoms in total. The first-order valence-corrected chi connectivity index (χ1v) is 11.4. The van der Waals surface area contributed by atoms with Gasteiger partial charge in [-0.25, -0.2) is 0 Å². The maximum absolute atomic E-state index is 12.9. The molecule has 0 radical (unpaired) electrons. The van der Waals surface area contributed by atoms with Gasteiger partial charge in [0.05, 0.1) is 11.2 Å². The second kappa shape index (κ2) is 8.53. The van der Waals surface area contributed by atoms with E-state index in [1.165, 1.54) is 41.6 Å². The third-order valence-corrected chi connectivity index (χ3v) is 7.30. The number of pyridine rings is 2. The van der Waals surface area contributed by atoms with Gasteiger partial charge in [0.15, 0.2) is 0 Å². The van der Waals surface area contributed by atoms with Crippen molar-refractivity contribution in [3.63, 3.8) is 0 Å². The van der Waals surface area contributed by atoms with Gasteiger partial charge in [-0.3, -0.25) is 19.2 Å². The van der Waals surface area contributed by atoms with Gasteiger partial charge in [-0.2, -0.15) is 13.2 Å². The fourth-order valence-electron chi connectivity index (χ4n) is 5.51. The molecule has 0 aliphatic carbocycles. The Labute approximate surface area is 206 Å². The van der Waals surface area contributed by atoms with Crippen LogP contribution in [0.3, 0.4) is 0 Å². The van der Waals surface area contributed by atoms with Gasteiger partial charge in [0.2, 0.25) is 0 Å². The second-order valence-electron chi connectivity index (χ2n) is 9.21. The van der Waals surface area contributed by atoms with Crippen LogP contribution in [0.5, 0.6) is 0 Å². The van der Waals surface area contributed by atoms with Crippen LogP contribution in [0, 0.1) is 0 Å². The molecular weight excluding hydrogens is 477 g/mol. The Kier molecular flexibility index (Phi) is 5.76. The molecule has 35 heavy (non-hydrogen) atoms. The van der Waals surface area contributed by atoms with Crippen LogP contribution < -0.4 is 5.56 Å². The van der Waals surface area contributed by atoms with E-state index in [1.807, 2.05) is 12.1 Å². The SMILES string of the molecule is Cl.Cn1c2c(c3ccc(-n4ccc(-c5ccc(C(F)(F)F)nc5)cc4=O)cc31)CN1CCCC1C2. The fourth-order valence-corrected chi connectivity index (χ4v) is 5.51. The van der Waals surface area contributed by atoms with Crippen LogP contribution in [0.1, 0.15) is 29.8 Å². The van der Waals surface area contributed by atoms with Gasteiger partial charge in [0, 0.05) is 61.2 Å². The van der Waals surface area contributed by atoms with Crippen molar-refractivity contribution in [1.29, 1.82) is 0 Å². The van der Waals surface area contributed by atoms with E-state index in [0.717, 1.165) is 43.0 Å². The topological polar surface area (TPSA) is 43.1 Å². The molecule has 0 bridgehead atoms. The minimum absolute atomic E-state index is 0. The van der Waals surface area contributed by atoms with E-state index < -0.39 is 11.9 Å². The maximum Gasteiger partial charge on any atom is 0.433 e. The van der Waals surface area contributed by atoms with Crippen LogP contribution in [-0.2, 0) is 26.2 Å². The number of nitrogens with zero attached hydrogens (tertiary/aromatic N) is 4. The maximum atomic E-state index is 12.9. The number of benzene rings is 1. The van der Waals surface area contributed by atoms with Crippen molar-refractivity contribution < 1.29 is 13.2 Å². The zero-order valence-corrected chi connectivity index (χ0v) is 19.9. The highest BCUT2D eigenvalue weighted by atomic mass is 35.5. The molecule has 1 aromatic carbocycles. The Balaban J connectivity index is 0.00000253. The summed E-state index contributed by atoms with van der Waals surface area (Å²) in [4.78, 5) is 19.0. The number of rotatable bonds is 2. The summed E-state index contributed by atoms with van der Waals surface area (Å²) in [6.45, 7) is 2.14. The average Bonchev–Trinajstić information content (AvgIpc) is 3.39. The standard InChI is InChI=1S/C26H23F3N4O.ClH/c1-31-22-13-19(5-6-20(22)21-15-32-9-2-3-18(32)12-23(21)31)33-10-8-16(11-25(33)34)17-4-7-24(30-14-17)26(27,28)29;/h4-8,10-11,13-14,18H,2-3,9,12,15H2,1H3;1H. The van der Waals surface area contributed by atoms with Crippen molar-refractivity contribution >= 4 is 23.3 Å². The van der Waals surface area contributed by atoms with Gasteiger partial charge in [-0.05, 0) is 54.8 Å². The molecule has 1 atom stereocenters. The molecule has 6 rings (SSSR count). The Morgan fingerprint density at radius 1 is 1.06 bits per heavy atom. The molecule has 2 aliphatic rings. The van der Waals surface area contributed by atoms with Crippen LogP contribution >= 0.6 is 12.4 Å². The largest absolute Gasteiger partial charge is 0.433 e. The minimum Gasteiger partial charge on any atom is -0.347 e. The van der Waals surface area contributed by atoms with E-state index in [0.29, 0.717) is 17.2 Å². The van der Waals surface area contributed by atoms with Gasteiger partial charge >= 0.3 is 6.18 Å². The number of hydrogen-bond donors (Lipinski definition) is 0. The summed E-state index contributed by atoms with van der Waals surface area (Å²) in [5.41, 5.74) is 4.41. The van der Waals surface area contributed by atoms with Crippen LogP contribution in [0.25, 0.3) is 27.7 Å². The van der Waals surface area contributed by atoms with E-state index in [1.54, 1.807) is 16.8 Å². The van der Waals surface area contributed by atoms with Crippen molar-refractivity contribution in [3.8, 4) is 16.8 Å². The minimum atomic E-state index is -4.49. The summed E-state index contributed by atoms with van der Waals surface area (Å²) in [7, 11) is 2.10. The summed E-state index contributed by atoms with van der Waals surface area (Å²) in [6.07, 6.45) is 1.90. The summed E-state index contributed by atoms with van der Waals surface area (Å²) in [6, 6.07) is 12.1. The van der Waals surface area contributed by atoms with E-state index in [2.05, 4.69) is 27.6 Å². The third kappa shape index (κ3) is 3.94. The lowest BCUT2D eigenvalue weighted by molar-refractivity contribution is -0.141. The lowest BCUT2D eigenvalue weighted by Gasteiger charge is -2.30. The Morgan fingerprint density at radius 2 is 1.89 bits per heavy atom. The van der Waals surface area contributed by atoms with Crippen LogP contribution in [-0.4, -0.2) is 31.6 Å². The number of alkyl halides is 3. The van der Waals surface area contributed by atoms with Crippen molar-refractivity contribution in [2.75, 3.05) is 6.54 Å². The van der Waals surface area contributed by atoms with Crippen molar-refractivity contribution in [2.24, 2.45) is 7.05 Å². The number of halogens is 4. The molecule has 0 N–H and O–H groups in total. The molecule has 4 aromatic rings. The molecule has 1 saturated heterocycles. The van der Waals surface area contributed by atoms with E-state index in [4.69, 9.17) is 0 Å². The van der Waals surface area contributed by atoms with Crippen LogP contribution in [0.4, 0.5) is 13.2 Å². The van der Waals surface area contributed by atoms with Gasteiger partial charge in [0.1, 0.15) is 5.69 Å². The van der Waals surface area contributed by atoms with E-state index in [9.17, 15) is 18.0 Å². The molecule has 5 heterocycles. The molecule has 0 saturated carbocycles. The second-order valence-corrected chi connectivity index (χ2v) is 9.21. The summed E-state index contributed by atoms with van der Waals surface area (Å²) >= 11 is 0. The van der Waals surface area contributed by atoms with Gasteiger partial charge in [0.25, 0.3) is 5.56 Å². The fraction of sp³-hybridized carbons (Fsp3) is 0.308. The Hall–Kier alpha value is -3.10. The van der Waals surface area contributed by atoms with Crippen molar-refractivity contribution in [1.82, 2.24) is 19.0 Å². The molecular formula is C26H24ClF3N4O. The normalized spacial score (nSPS) is 17.8. The predicted molar refractivity (Wildman–Crippen MR) is 131 cm³/mol. The predicted octanol–water partition coefficient (Wildman–Crippen LogP) is 5.35. The smallest absolute Gasteiger partial charge is 0.347 e. The van der Waals surface area contributed by atoms with Crippen LogP contribution in [0.15, 0.2) is 59.7 Å². The monoisotopic (exact) mass is 500 g/mol. The first kappa shape index (κ1) is 23.6. The summed E-state index contributed by atoms with van der Waals surface area (Å²) in [5.74, 6) is 0. The number of fused-ring (bicyclic) bond motifs is 4. The highest BCUT2D eigenvalue weighted by molar-refractivity contribution is 5.87. The van der Waals surface area contributed by atoms with Crippen molar-refractivity contribution in [3.05, 3.63) is 82.2 Å². The molecule has 2 aliphatic heterocycles. The number of aryl methyl sites for hydroxylation is 1. The van der Waals surface area contributed by atoms with Gasteiger partial charge in [-0.1, -0.05) is 12.1 Å². The zero-order chi connectivity index (χ0) is 23.6. The first-order chi connectivity index (χ1) is 16.3. The number of hydrogen-bond acceptors (Lipinski definition) is 3. The number of aromatic nitrogens is 3. The van der Waals surface area contributed by atoms with Gasteiger partial charge in [-0.15, -0.1) is 12.4 Å². The highest BCUT2D eigenvalue weighted by Gasteiger charge is 2.33. The molecule has 0 spiro atoms. The summed E-state index contributed by atoms with van der Waals surface area (Å²) in [5, 5.41) is 1.23. The third-order valence-electron chi connectivity index (χ3n) is 7.30. The molecule has 3 aromatic heterocycles. The van der Waals surface area contributed by atoms with Crippen LogP contribution in [0.2, 0.25) is 0 Å². The Bertz CT molecular complexity index is 1470. The molecule has 1 unspecified atom stereocenters. The average molecular weight is 501 g/mol. The molecule has 9 heteroatoms. The zero-order valence-electron chi connectivity index (χ0n) is 19.0. The quantitative estimate of drug-likeness (QED) is 0.372. The van der Waals surface area contributed by atoms with Crippen molar-refractivity contribution in [2.45, 2.75) is 38.0 Å². The summed E-state index contributed by atoms with van der Waals surface area (Å²) < 4.78 is 42.2. The lowest BCUT2D eigenvalue weighted by atomic mass is 9.99. The van der Waals surface area contributed by atoms with Gasteiger partial charge < -0.3 is 4.57 Å². The lowest BCUT2D eigenvalue weighted by Crippen LogP contribution is -2.35. The Morgan fingerprint density at radius 3 is 2.60 bits per heavy atom. The molecule has 182 valence electrons. The molecule has 0 amide bonds. The van der Waals surface area contributed by atoms with E-state index in [-0.39, 0.29) is 18.0 Å².